The third-order valence-electron chi connectivity index (χ3n) is 8.33. The van der Waals surface area contributed by atoms with Crippen LogP contribution in [0, 0.1) is 17.8 Å². The summed E-state index contributed by atoms with van der Waals surface area (Å²) in [5.41, 5.74) is 1.90. The maximum Gasteiger partial charge on any atom is 0.171 e. The van der Waals surface area contributed by atoms with Crippen LogP contribution in [0.2, 0.25) is 0 Å². The topological polar surface area (TPSA) is 64.3 Å². The molecular formula is C29H42N2O3S. The molecule has 0 spiro atoms. The Hall–Kier alpha value is -1.92. The van der Waals surface area contributed by atoms with Crippen LogP contribution in [-0.2, 0) is 15.7 Å². The van der Waals surface area contributed by atoms with E-state index in [1.165, 1.54) is 107 Å². The maximum atomic E-state index is 10.3. The molecule has 0 unspecified atom stereocenters. The molecule has 1 heterocycles. The van der Waals surface area contributed by atoms with Crippen molar-refractivity contribution < 1.29 is 17.5 Å². The second-order valence-corrected chi connectivity index (χ2v) is 12.4. The lowest BCUT2D eigenvalue weighted by Crippen LogP contribution is -2.64. The number of unbranched alkanes of at least 4 members (excludes halogenated alkanes) is 2. The molecule has 0 aliphatic heterocycles. The predicted molar refractivity (Wildman–Crippen MR) is 139 cm³/mol. The maximum absolute atomic E-state index is 10.3. The molecule has 4 bridgehead atoms. The summed E-state index contributed by atoms with van der Waals surface area (Å²) < 4.78 is 33.5. The molecule has 2 aromatic rings. The fourth-order valence-electron chi connectivity index (χ4n) is 6.98. The van der Waals surface area contributed by atoms with Crippen molar-refractivity contribution in [3.05, 3.63) is 54.9 Å². The van der Waals surface area contributed by atoms with E-state index in [-0.39, 0.29) is 4.90 Å². The highest BCUT2D eigenvalue weighted by atomic mass is 32.2. The van der Waals surface area contributed by atoms with Crippen LogP contribution in [0.3, 0.4) is 0 Å². The lowest BCUT2D eigenvalue weighted by atomic mass is 9.53. The summed E-state index contributed by atoms with van der Waals surface area (Å²) in [6.45, 7) is 7.00. The van der Waals surface area contributed by atoms with Crippen LogP contribution in [0.15, 0.2) is 59.8 Å². The molecule has 4 saturated carbocycles. The van der Waals surface area contributed by atoms with Gasteiger partial charge in [0, 0.05) is 50.2 Å². The zero-order valence-electron chi connectivity index (χ0n) is 21.4. The second-order valence-electron chi connectivity index (χ2n) is 11.1. The van der Waals surface area contributed by atoms with Crippen LogP contribution in [0.1, 0.15) is 78.1 Å². The Morgan fingerprint density at radius 3 is 1.74 bits per heavy atom. The molecule has 6 heteroatoms. The van der Waals surface area contributed by atoms with E-state index >= 15 is 0 Å². The molecule has 1 aromatic heterocycles. The Balaban J connectivity index is 0.000000243. The highest BCUT2D eigenvalue weighted by Gasteiger charge is 2.56. The summed E-state index contributed by atoms with van der Waals surface area (Å²) in [4.78, 5) is 2.42. The summed E-state index contributed by atoms with van der Waals surface area (Å²) in [7, 11) is -4.25. The molecule has 6 rings (SSSR count). The van der Waals surface area contributed by atoms with E-state index in [1.807, 2.05) is 0 Å². The molecule has 4 aliphatic rings. The van der Waals surface area contributed by atoms with Gasteiger partial charge in [0.1, 0.15) is 10.1 Å². The summed E-state index contributed by atoms with van der Waals surface area (Å²) in [5, 5.41) is 0. The van der Waals surface area contributed by atoms with Gasteiger partial charge in [0.15, 0.2) is 17.9 Å². The Bertz CT molecular complexity index is 994. The molecule has 0 saturated heterocycles. The van der Waals surface area contributed by atoms with E-state index in [1.54, 1.807) is 6.07 Å². The van der Waals surface area contributed by atoms with E-state index in [0.717, 1.165) is 17.8 Å². The first-order valence-corrected chi connectivity index (χ1v) is 15.0. The molecule has 0 amide bonds. The van der Waals surface area contributed by atoms with Gasteiger partial charge in [0.05, 0.1) is 4.90 Å². The van der Waals surface area contributed by atoms with E-state index in [2.05, 4.69) is 47.8 Å². The Labute approximate surface area is 212 Å². The third kappa shape index (κ3) is 6.45. The first-order valence-electron chi connectivity index (χ1n) is 13.6. The van der Waals surface area contributed by atoms with Crippen LogP contribution in [0.4, 0.5) is 5.69 Å². The van der Waals surface area contributed by atoms with Crippen LogP contribution in [0.25, 0.3) is 0 Å². The average molecular weight is 499 g/mol. The van der Waals surface area contributed by atoms with Crippen molar-refractivity contribution in [2.45, 2.75) is 88.5 Å². The lowest BCUT2D eigenvalue weighted by molar-refractivity contribution is -0.776. The molecule has 0 radical (unpaired) electrons. The van der Waals surface area contributed by atoms with Gasteiger partial charge in [-0.2, -0.15) is 4.57 Å². The zero-order chi connectivity index (χ0) is 24.9. The quantitative estimate of drug-likeness (QED) is 0.319. The van der Waals surface area contributed by atoms with Gasteiger partial charge in [-0.3, -0.25) is 0 Å². The number of benzene rings is 1. The fraction of sp³-hybridized carbons (Fsp3) is 0.621. The van der Waals surface area contributed by atoms with Gasteiger partial charge in [-0.15, -0.1) is 0 Å². The smallest absolute Gasteiger partial charge is 0.171 e. The minimum Gasteiger partial charge on any atom is -0.744 e. The van der Waals surface area contributed by atoms with Crippen molar-refractivity contribution in [3.8, 4) is 0 Å². The van der Waals surface area contributed by atoms with Gasteiger partial charge in [-0.25, -0.2) is 8.42 Å². The van der Waals surface area contributed by atoms with E-state index in [4.69, 9.17) is 0 Å². The molecule has 35 heavy (non-hydrogen) atoms. The number of anilines is 1. The third-order valence-corrected chi connectivity index (χ3v) is 9.18. The Kier molecular flexibility index (Phi) is 8.54. The zero-order valence-corrected chi connectivity index (χ0v) is 22.3. The molecule has 192 valence electrons. The molecular weight excluding hydrogens is 456 g/mol. The number of pyridine rings is 1. The molecule has 0 atom stereocenters. The minimum atomic E-state index is -4.25. The van der Waals surface area contributed by atoms with Crippen LogP contribution in [0.5, 0.6) is 0 Å². The summed E-state index contributed by atoms with van der Waals surface area (Å²) in [6, 6.07) is 12.0. The largest absolute Gasteiger partial charge is 0.744 e. The van der Waals surface area contributed by atoms with Gasteiger partial charge in [0.25, 0.3) is 0 Å². The molecule has 4 fully saturated rings. The highest BCUT2D eigenvalue weighted by Crippen LogP contribution is 2.56. The fourth-order valence-corrected chi connectivity index (χ4v) is 7.47. The lowest BCUT2D eigenvalue weighted by Gasteiger charge is -2.53. The molecule has 4 aliphatic carbocycles. The molecule has 1 aromatic carbocycles. The van der Waals surface area contributed by atoms with Crippen molar-refractivity contribution in [2.75, 3.05) is 18.0 Å². The van der Waals surface area contributed by atoms with Gasteiger partial charge in [0.2, 0.25) is 0 Å². The number of hydrogen-bond acceptors (Lipinski definition) is 4. The van der Waals surface area contributed by atoms with Gasteiger partial charge in [-0.05, 0) is 62.0 Å². The van der Waals surface area contributed by atoms with Crippen LogP contribution < -0.4 is 9.47 Å². The average Bonchev–Trinajstić information content (AvgIpc) is 2.84. The van der Waals surface area contributed by atoms with Crippen LogP contribution >= 0.6 is 0 Å². The molecule has 0 N–H and O–H groups in total. The molecule has 5 nitrogen and oxygen atoms in total. The van der Waals surface area contributed by atoms with Crippen molar-refractivity contribution in [2.24, 2.45) is 17.8 Å². The highest BCUT2D eigenvalue weighted by molar-refractivity contribution is 7.85. The predicted octanol–water partition coefficient (Wildman–Crippen LogP) is 5.90. The number of aromatic nitrogens is 1. The van der Waals surface area contributed by atoms with Crippen molar-refractivity contribution in [3.63, 3.8) is 0 Å². The Morgan fingerprint density at radius 1 is 0.857 bits per heavy atom. The summed E-state index contributed by atoms with van der Waals surface area (Å²) in [6.07, 6.45) is 18.9. The van der Waals surface area contributed by atoms with E-state index in [9.17, 15) is 13.0 Å². The van der Waals surface area contributed by atoms with E-state index < -0.39 is 10.1 Å². The van der Waals surface area contributed by atoms with Gasteiger partial charge >= 0.3 is 0 Å². The summed E-state index contributed by atoms with van der Waals surface area (Å²) in [5.74, 6) is 3.05. The first-order chi connectivity index (χ1) is 16.8. The normalized spacial score (nSPS) is 26.8. The second kappa shape index (κ2) is 11.4. The number of hydrogen-bond donors (Lipinski definition) is 0. The van der Waals surface area contributed by atoms with Crippen molar-refractivity contribution >= 4 is 15.8 Å². The van der Waals surface area contributed by atoms with Gasteiger partial charge in [-0.1, -0.05) is 44.9 Å². The van der Waals surface area contributed by atoms with Crippen molar-refractivity contribution in [1.82, 2.24) is 0 Å². The first kappa shape index (κ1) is 26.2. The standard InChI is InChI=1S/C23H37N2.C6H6O3S/c1-3-5-9-24(10-6-4-2)22-7-11-25(12-8-22)23-16-19-13-20(17-23)15-21(14-19)18-23;7-10(8,9)6-4-2-1-3-5-6/h7-8,11-12,19-21H,3-6,9-10,13-18H2,1-2H3;1-5H,(H,7,8,9)/q+1;/p-1. The summed E-state index contributed by atoms with van der Waals surface area (Å²) >= 11 is 0. The number of nitrogens with zero attached hydrogens (tertiary/aromatic N) is 2. The SMILES string of the molecule is CCCCN(CCCC)c1cc[n+](C23CC4CC(CC(C4)C2)C3)cc1.O=S(=O)([O-])c1ccccc1. The number of rotatable bonds is 9. The Morgan fingerprint density at radius 2 is 1.34 bits per heavy atom. The minimum absolute atomic E-state index is 0.185. The van der Waals surface area contributed by atoms with E-state index in [0.29, 0.717) is 5.54 Å². The van der Waals surface area contributed by atoms with Gasteiger partial charge < -0.3 is 9.45 Å². The van der Waals surface area contributed by atoms with Crippen molar-refractivity contribution in [1.29, 1.82) is 0 Å². The monoisotopic (exact) mass is 498 g/mol. The van der Waals surface area contributed by atoms with Crippen LogP contribution in [-0.4, -0.2) is 26.1 Å².